The number of nitrogens with zero attached hydrogens (tertiary/aromatic N) is 3. The van der Waals surface area contributed by atoms with Crippen LogP contribution in [-0.2, 0) is 11.8 Å². The zero-order valence-corrected chi connectivity index (χ0v) is 14.0. The summed E-state index contributed by atoms with van der Waals surface area (Å²) < 4.78 is 14.8. The highest BCUT2D eigenvalue weighted by molar-refractivity contribution is 7.09. The Balaban J connectivity index is 1.80. The minimum atomic E-state index is -0.318. The third-order valence-electron chi connectivity index (χ3n) is 3.34. The molecule has 1 N–H and O–H groups in total. The number of benzene rings is 1. The van der Waals surface area contributed by atoms with E-state index in [1.165, 1.54) is 29.5 Å². The molecule has 5 nitrogen and oxygen atoms in total. The van der Waals surface area contributed by atoms with E-state index in [2.05, 4.69) is 15.3 Å². The fraction of sp³-hybridized carbons (Fsp3) is 0.118. The van der Waals surface area contributed by atoms with Gasteiger partial charge in [-0.3, -0.25) is 4.79 Å². The number of amides is 1. The zero-order valence-electron chi connectivity index (χ0n) is 13.2. The quantitative estimate of drug-likeness (QED) is 0.736. The van der Waals surface area contributed by atoms with Gasteiger partial charge in [-0.1, -0.05) is 0 Å². The first-order chi connectivity index (χ1) is 11.5. The molecule has 2 heterocycles. The summed E-state index contributed by atoms with van der Waals surface area (Å²) in [6, 6.07) is 5.97. The number of hydrogen-bond donors (Lipinski definition) is 1. The lowest BCUT2D eigenvalue weighted by molar-refractivity contribution is -0.111. The van der Waals surface area contributed by atoms with Gasteiger partial charge in [-0.05, 0) is 37.3 Å². The molecule has 24 heavy (non-hydrogen) atoms. The number of carbonyl (C=O) groups excluding carboxylic acids is 1. The molecule has 2 aromatic heterocycles. The number of hydrogen-bond acceptors (Lipinski definition) is 4. The molecule has 0 aliphatic rings. The average molecular weight is 342 g/mol. The Hall–Kier alpha value is -2.80. The Morgan fingerprint density at radius 2 is 2.08 bits per heavy atom. The van der Waals surface area contributed by atoms with Gasteiger partial charge >= 0.3 is 0 Å². The highest BCUT2D eigenvalue weighted by Gasteiger charge is 2.13. The first-order valence-corrected chi connectivity index (χ1v) is 8.09. The van der Waals surface area contributed by atoms with E-state index < -0.39 is 0 Å². The predicted molar refractivity (Wildman–Crippen MR) is 93.1 cm³/mol. The normalized spacial score (nSPS) is 11.1. The molecule has 1 aromatic carbocycles. The van der Waals surface area contributed by atoms with Gasteiger partial charge in [0.2, 0.25) is 5.91 Å². The lowest BCUT2D eigenvalue weighted by atomic mass is 10.1. The molecule has 0 atom stereocenters. The molecule has 0 fully saturated rings. The summed E-state index contributed by atoms with van der Waals surface area (Å²) in [5, 5.41) is 5.63. The fourth-order valence-electron chi connectivity index (χ4n) is 2.17. The maximum Gasteiger partial charge on any atom is 0.249 e. The first kappa shape index (κ1) is 16.1. The van der Waals surface area contributed by atoms with Crippen molar-refractivity contribution in [2.45, 2.75) is 6.92 Å². The van der Waals surface area contributed by atoms with Crippen molar-refractivity contribution in [3.63, 3.8) is 0 Å². The second kappa shape index (κ2) is 6.76. The van der Waals surface area contributed by atoms with Crippen LogP contribution in [0.5, 0.6) is 0 Å². The Morgan fingerprint density at radius 1 is 1.33 bits per heavy atom. The number of anilines is 1. The summed E-state index contributed by atoms with van der Waals surface area (Å²) >= 11 is 1.53. The largest absolute Gasteiger partial charge is 0.320 e. The third kappa shape index (κ3) is 3.57. The van der Waals surface area contributed by atoms with Crippen molar-refractivity contribution in [3.05, 3.63) is 58.6 Å². The molecule has 0 unspecified atom stereocenters. The Labute approximate surface area is 142 Å². The lowest BCUT2D eigenvalue weighted by Gasteiger charge is -2.06. The van der Waals surface area contributed by atoms with Crippen molar-refractivity contribution in [3.8, 4) is 11.3 Å². The summed E-state index contributed by atoms with van der Waals surface area (Å²) in [6.45, 7) is 1.91. The van der Waals surface area contributed by atoms with Crippen LogP contribution in [0, 0.1) is 12.7 Å². The van der Waals surface area contributed by atoms with Crippen molar-refractivity contribution in [2.24, 2.45) is 7.05 Å². The molecule has 122 valence electrons. The SMILES string of the molecule is Cc1nc(/C=C\C(=O)Nc2c(-c3ccc(F)cc3)ncn2C)cs1. The Bertz CT molecular complexity index is 896. The summed E-state index contributed by atoms with van der Waals surface area (Å²) in [4.78, 5) is 20.7. The topological polar surface area (TPSA) is 59.8 Å². The van der Waals surface area contributed by atoms with E-state index in [0.29, 0.717) is 11.5 Å². The number of nitrogens with one attached hydrogen (secondary N) is 1. The number of rotatable bonds is 4. The molecular formula is C17H15FN4OS. The van der Waals surface area contributed by atoms with Gasteiger partial charge in [0, 0.05) is 24.1 Å². The van der Waals surface area contributed by atoms with Gasteiger partial charge in [0.05, 0.1) is 17.0 Å². The third-order valence-corrected chi connectivity index (χ3v) is 4.13. The zero-order chi connectivity index (χ0) is 17.1. The van der Waals surface area contributed by atoms with Crippen LogP contribution >= 0.6 is 11.3 Å². The van der Waals surface area contributed by atoms with E-state index in [1.807, 2.05) is 12.3 Å². The number of halogens is 1. The van der Waals surface area contributed by atoms with E-state index in [1.54, 1.807) is 36.2 Å². The van der Waals surface area contributed by atoms with Crippen LogP contribution in [0.25, 0.3) is 17.3 Å². The molecule has 0 radical (unpaired) electrons. The van der Waals surface area contributed by atoms with Crippen molar-refractivity contribution in [1.82, 2.24) is 14.5 Å². The highest BCUT2D eigenvalue weighted by atomic mass is 32.1. The molecule has 3 rings (SSSR count). The minimum Gasteiger partial charge on any atom is -0.320 e. The number of aryl methyl sites for hydroxylation is 2. The molecule has 0 bridgehead atoms. The Morgan fingerprint density at radius 3 is 2.75 bits per heavy atom. The predicted octanol–water partition coefficient (Wildman–Crippen LogP) is 3.64. The van der Waals surface area contributed by atoms with Crippen LogP contribution in [0.3, 0.4) is 0 Å². The van der Waals surface area contributed by atoms with E-state index in [9.17, 15) is 9.18 Å². The number of aromatic nitrogens is 3. The molecule has 0 spiro atoms. The van der Waals surface area contributed by atoms with Crippen molar-refractivity contribution >= 4 is 29.1 Å². The molecule has 7 heteroatoms. The second-order valence-corrected chi connectivity index (χ2v) is 6.24. The number of carbonyl (C=O) groups is 1. The molecule has 0 saturated heterocycles. The first-order valence-electron chi connectivity index (χ1n) is 7.21. The summed E-state index contributed by atoms with van der Waals surface area (Å²) in [6.07, 6.45) is 4.69. The molecule has 0 aliphatic heterocycles. The van der Waals surface area contributed by atoms with E-state index in [-0.39, 0.29) is 11.7 Å². The van der Waals surface area contributed by atoms with Crippen LogP contribution in [-0.4, -0.2) is 20.4 Å². The van der Waals surface area contributed by atoms with Gasteiger partial charge < -0.3 is 9.88 Å². The van der Waals surface area contributed by atoms with Gasteiger partial charge in [-0.15, -0.1) is 11.3 Å². The van der Waals surface area contributed by atoms with Crippen molar-refractivity contribution in [1.29, 1.82) is 0 Å². The smallest absolute Gasteiger partial charge is 0.249 e. The molecule has 1 amide bonds. The van der Waals surface area contributed by atoms with Gasteiger partial charge in [-0.25, -0.2) is 14.4 Å². The van der Waals surface area contributed by atoms with Gasteiger partial charge in [0.15, 0.2) is 0 Å². The van der Waals surface area contributed by atoms with E-state index in [0.717, 1.165) is 16.3 Å². The standard InChI is InChI=1S/C17H15FN4OS/c1-11-20-14(9-24-11)7-8-15(23)21-17-16(19-10-22(17)2)12-3-5-13(18)6-4-12/h3-10H,1-2H3,(H,21,23)/b8-7-. The maximum atomic E-state index is 13.1. The molecular weight excluding hydrogens is 327 g/mol. The monoisotopic (exact) mass is 342 g/mol. The molecule has 3 aromatic rings. The minimum absolute atomic E-state index is 0.285. The number of thiazole rings is 1. The fourth-order valence-corrected chi connectivity index (χ4v) is 2.75. The highest BCUT2D eigenvalue weighted by Crippen LogP contribution is 2.26. The van der Waals surface area contributed by atoms with Gasteiger partial charge in [-0.2, -0.15) is 0 Å². The number of imidazole rings is 1. The summed E-state index contributed by atoms with van der Waals surface area (Å²) in [5.74, 6) is -0.0555. The van der Waals surface area contributed by atoms with Crippen molar-refractivity contribution < 1.29 is 9.18 Å². The second-order valence-electron chi connectivity index (χ2n) is 5.17. The van der Waals surface area contributed by atoms with Crippen LogP contribution in [0.15, 0.2) is 42.0 Å². The van der Waals surface area contributed by atoms with E-state index in [4.69, 9.17) is 0 Å². The summed E-state index contributed by atoms with van der Waals surface area (Å²) in [7, 11) is 1.78. The van der Waals surface area contributed by atoms with Gasteiger partial charge in [0.1, 0.15) is 17.3 Å². The van der Waals surface area contributed by atoms with Gasteiger partial charge in [0.25, 0.3) is 0 Å². The van der Waals surface area contributed by atoms with Crippen LogP contribution in [0.2, 0.25) is 0 Å². The van der Waals surface area contributed by atoms with E-state index >= 15 is 0 Å². The molecule has 0 aliphatic carbocycles. The Kier molecular flexibility index (Phi) is 4.52. The molecule has 0 saturated carbocycles. The maximum absolute atomic E-state index is 13.1. The average Bonchev–Trinajstić information content (AvgIpc) is 3.13. The lowest BCUT2D eigenvalue weighted by Crippen LogP contribution is -2.11. The summed E-state index contributed by atoms with van der Waals surface area (Å²) in [5.41, 5.74) is 2.06. The van der Waals surface area contributed by atoms with Crippen LogP contribution in [0.4, 0.5) is 10.2 Å². The van der Waals surface area contributed by atoms with Crippen molar-refractivity contribution in [2.75, 3.05) is 5.32 Å². The van der Waals surface area contributed by atoms with Crippen LogP contribution in [0.1, 0.15) is 10.7 Å². The van der Waals surface area contributed by atoms with Crippen LogP contribution < -0.4 is 5.32 Å².